The van der Waals surface area contributed by atoms with Crippen LogP contribution in [0.4, 0.5) is 0 Å². The molecule has 0 unspecified atom stereocenters. The maximum Gasteiger partial charge on any atom is 0.261 e. The number of carbonyl (C=O) groups excluding carboxylic acids is 2. The lowest BCUT2D eigenvalue weighted by Crippen LogP contribution is -2.52. The number of hydrogen-bond donors (Lipinski definition) is 1. The zero-order valence-corrected chi connectivity index (χ0v) is 20.6. The van der Waals surface area contributed by atoms with E-state index in [1.54, 1.807) is 17.0 Å². The fourth-order valence-corrected chi connectivity index (χ4v) is 3.79. The minimum Gasteiger partial charge on any atom is -0.484 e. The van der Waals surface area contributed by atoms with E-state index in [4.69, 9.17) is 16.3 Å². The van der Waals surface area contributed by atoms with E-state index in [1.165, 1.54) is 0 Å². The largest absolute Gasteiger partial charge is 0.484 e. The lowest BCUT2D eigenvalue weighted by atomic mass is 10.0. The van der Waals surface area contributed by atoms with E-state index < -0.39 is 6.04 Å². The molecule has 2 amide bonds. The highest BCUT2D eigenvalue weighted by Gasteiger charge is 2.31. The third-order valence-electron chi connectivity index (χ3n) is 5.41. The monoisotopic (exact) mass is 478 g/mol. The molecule has 0 aromatic heterocycles. The van der Waals surface area contributed by atoms with Crippen LogP contribution in [0.1, 0.15) is 30.5 Å². The molecule has 0 saturated carbocycles. The molecule has 3 aromatic carbocycles. The summed E-state index contributed by atoms with van der Waals surface area (Å²) in [6.45, 7) is 5.84. The zero-order chi connectivity index (χ0) is 24.5. The second-order valence-electron chi connectivity index (χ2n) is 8.57. The van der Waals surface area contributed by atoms with E-state index in [0.717, 1.165) is 16.7 Å². The summed E-state index contributed by atoms with van der Waals surface area (Å²) in [5.41, 5.74) is 2.79. The minimum atomic E-state index is -0.701. The molecule has 0 aliphatic heterocycles. The summed E-state index contributed by atoms with van der Waals surface area (Å²) >= 11 is 6.06. The maximum atomic E-state index is 13.5. The summed E-state index contributed by atoms with van der Waals surface area (Å²) in [6.07, 6.45) is 0.392. The van der Waals surface area contributed by atoms with Crippen LogP contribution in [0, 0.1) is 6.92 Å². The SMILES string of the molecule is Cc1ccccc1OCC(=O)N(Cc1ccc(Cl)cc1)[C@@H](Cc1ccccc1)C(=O)NC(C)C. The van der Waals surface area contributed by atoms with Crippen LogP contribution in [0.25, 0.3) is 0 Å². The number of hydrogen-bond acceptors (Lipinski definition) is 3. The number of rotatable bonds is 10. The molecule has 0 heterocycles. The summed E-state index contributed by atoms with van der Waals surface area (Å²) in [6, 6.07) is 23.8. The summed E-state index contributed by atoms with van der Waals surface area (Å²) in [7, 11) is 0. The quantitative estimate of drug-likeness (QED) is 0.436. The molecule has 1 atom stereocenters. The Balaban J connectivity index is 1.91. The highest BCUT2D eigenvalue weighted by molar-refractivity contribution is 6.30. The van der Waals surface area contributed by atoms with Gasteiger partial charge in [-0.25, -0.2) is 0 Å². The molecule has 0 saturated heterocycles. The second-order valence-corrected chi connectivity index (χ2v) is 9.01. The highest BCUT2D eigenvalue weighted by atomic mass is 35.5. The summed E-state index contributed by atoms with van der Waals surface area (Å²) < 4.78 is 5.85. The maximum absolute atomic E-state index is 13.5. The van der Waals surface area contributed by atoms with Crippen LogP contribution in [0.2, 0.25) is 5.02 Å². The summed E-state index contributed by atoms with van der Waals surface area (Å²) in [5, 5.41) is 3.60. The van der Waals surface area contributed by atoms with E-state index in [1.807, 2.05) is 87.5 Å². The third kappa shape index (κ3) is 7.35. The van der Waals surface area contributed by atoms with Gasteiger partial charge in [-0.05, 0) is 55.7 Å². The normalized spacial score (nSPS) is 11.7. The van der Waals surface area contributed by atoms with Gasteiger partial charge < -0.3 is 15.0 Å². The first-order valence-corrected chi connectivity index (χ1v) is 11.8. The first-order chi connectivity index (χ1) is 16.3. The molecule has 0 spiro atoms. The van der Waals surface area contributed by atoms with Crippen molar-refractivity contribution >= 4 is 23.4 Å². The van der Waals surface area contributed by atoms with E-state index in [2.05, 4.69) is 5.32 Å². The Morgan fingerprint density at radius 1 is 0.912 bits per heavy atom. The van der Waals surface area contributed by atoms with Gasteiger partial charge in [0.15, 0.2) is 6.61 Å². The van der Waals surface area contributed by atoms with Crippen molar-refractivity contribution in [2.75, 3.05) is 6.61 Å². The summed E-state index contributed by atoms with van der Waals surface area (Å²) in [5.74, 6) is 0.184. The van der Waals surface area contributed by atoms with E-state index in [0.29, 0.717) is 17.2 Å². The number of carbonyl (C=O) groups is 2. The van der Waals surface area contributed by atoms with Crippen molar-refractivity contribution in [2.45, 2.75) is 45.8 Å². The molecule has 0 fully saturated rings. The second kappa shape index (κ2) is 12.2. The van der Waals surface area contributed by atoms with Gasteiger partial charge in [-0.3, -0.25) is 9.59 Å². The van der Waals surface area contributed by atoms with Gasteiger partial charge in [0, 0.05) is 24.0 Å². The van der Waals surface area contributed by atoms with Gasteiger partial charge in [0.1, 0.15) is 11.8 Å². The molecule has 0 aliphatic carbocycles. The number of nitrogens with zero attached hydrogens (tertiary/aromatic N) is 1. The Bertz CT molecular complexity index is 1080. The van der Waals surface area contributed by atoms with Crippen molar-refractivity contribution in [3.05, 3.63) is 101 Å². The number of para-hydroxylation sites is 1. The Hall–Kier alpha value is -3.31. The molecule has 0 bridgehead atoms. The van der Waals surface area contributed by atoms with Crippen molar-refractivity contribution < 1.29 is 14.3 Å². The first kappa shape index (κ1) is 25.3. The van der Waals surface area contributed by atoms with Gasteiger partial charge in [0.2, 0.25) is 5.91 Å². The molecular formula is C28H31ClN2O3. The van der Waals surface area contributed by atoms with E-state index in [9.17, 15) is 9.59 Å². The average Bonchev–Trinajstić information content (AvgIpc) is 2.82. The molecule has 3 aromatic rings. The topological polar surface area (TPSA) is 58.6 Å². The van der Waals surface area contributed by atoms with Gasteiger partial charge in [0.05, 0.1) is 0 Å². The van der Waals surface area contributed by atoms with Crippen molar-refractivity contribution in [3.63, 3.8) is 0 Å². The van der Waals surface area contributed by atoms with Crippen LogP contribution < -0.4 is 10.1 Å². The van der Waals surface area contributed by atoms with E-state index in [-0.39, 0.29) is 31.0 Å². The molecule has 1 N–H and O–H groups in total. The summed E-state index contributed by atoms with van der Waals surface area (Å²) in [4.78, 5) is 28.4. The fraction of sp³-hybridized carbons (Fsp3) is 0.286. The first-order valence-electron chi connectivity index (χ1n) is 11.4. The predicted octanol–water partition coefficient (Wildman–Crippen LogP) is 5.19. The zero-order valence-electron chi connectivity index (χ0n) is 19.8. The molecule has 0 radical (unpaired) electrons. The Morgan fingerprint density at radius 3 is 2.21 bits per heavy atom. The van der Waals surface area contributed by atoms with Crippen molar-refractivity contribution in [2.24, 2.45) is 0 Å². The molecule has 6 heteroatoms. The lowest BCUT2D eigenvalue weighted by molar-refractivity contribution is -0.143. The van der Waals surface area contributed by atoms with Crippen LogP contribution in [-0.4, -0.2) is 35.4 Å². The van der Waals surface area contributed by atoms with Crippen molar-refractivity contribution in [3.8, 4) is 5.75 Å². The van der Waals surface area contributed by atoms with Crippen LogP contribution in [0.5, 0.6) is 5.75 Å². The average molecular weight is 479 g/mol. The molecule has 34 heavy (non-hydrogen) atoms. The smallest absolute Gasteiger partial charge is 0.261 e. The van der Waals surface area contributed by atoms with Crippen LogP contribution in [-0.2, 0) is 22.6 Å². The van der Waals surface area contributed by atoms with Crippen LogP contribution in [0.15, 0.2) is 78.9 Å². The fourth-order valence-electron chi connectivity index (χ4n) is 3.66. The molecule has 0 aliphatic rings. The van der Waals surface area contributed by atoms with Crippen molar-refractivity contribution in [1.82, 2.24) is 10.2 Å². The molecule has 3 rings (SSSR count). The minimum absolute atomic E-state index is 0.0542. The number of halogens is 1. The van der Waals surface area contributed by atoms with Gasteiger partial charge in [-0.1, -0.05) is 72.3 Å². The molecular weight excluding hydrogens is 448 g/mol. The third-order valence-corrected chi connectivity index (χ3v) is 5.66. The predicted molar refractivity (Wildman–Crippen MR) is 136 cm³/mol. The van der Waals surface area contributed by atoms with Gasteiger partial charge >= 0.3 is 0 Å². The number of benzene rings is 3. The lowest BCUT2D eigenvalue weighted by Gasteiger charge is -2.32. The number of nitrogens with one attached hydrogen (secondary N) is 1. The Kier molecular flexibility index (Phi) is 9.11. The van der Waals surface area contributed by atoms with Gasteiger partial charge in [0.25, 0.3) is 5.91 Å². The standard InChI is InChI=1S/C28H31ClN2O3/c1-20(2)30-28(33)25(17-22-10-5-4-6-11-22)31(18-23-13-15-24(29)16-14-23)27(32)19-34-26-12-8-7-9-21(26)3/h4-16,20,25H,17-19H2,1-3H3,(H,30,33)/t25-/m0/s1. The Labute approximate surface area is 206 Å². The van der Waals surface area contributed by atoms with Gasteiger partial charge in [-0.15, -0.1) is 0 Å². The molecule has 178 valence electrons. The number of aryl methyl sites for hydroxylation is 1. The highest BCUT2D eigenvalue weighted by Crippen LogP contribution is 2.19. The molecule has 5 nitrogen and oxygen atoms in total. The van der Waals surface area contributed by atoms with E-state index >= 15 is 0 Å². The number of amides is 2. The number of ether oxygens (including phenoxy) is 1. The van der Waals surface area contributed by atoms with Crippen LogP contribution >= 0.6 is 11.6 Å². The Morgan fingerprint density at radius 2 is 1.56 bits per heavy atom. The van der Waals surface area contributed by atoms with Crippen LogP contribution in [0.3, 0.4) is 0 Å². The van der Waals surface area contributed by atoms with Crippen molar-refractivity contribution in [1.29, 1.82) is 0 Å². The van der Waals surface area contributed by atoms with Gasteiger partial charge in [-0.2, -0.15) is 0 Å².